The Morgan fingerprint density at radius 3 is 2.90 bits per heavy atom. The number of aromatic amines is 1. The van der Waals surface area contributed by atoms with Crippen LogP contribution in [0.2, 0.25) is 0 Å². The average molecular weight is 303 g/mol. The lowest BCUT2D eigenvalue weighted by molar-refractivity contribution is -0.116. The Morgan fingerprint density at radius 1 is 1.33 bits per heavy atom. The van der Waals surface area contributed by atoms with Crippen LogP contribution in [0.3, 0.4) is 0 Å². The number of carbonyl (C=O) groups is 1. The summed E-state index contributed by atoms with van der Waals surface area (Å²) in [6, 6.07) is 12.1. The Balaban J connectivity index is 1.65. The van der Waals surface area contributed by atoms with Crippen molar-refractivity contribution in [3.63, 3.8) is 0 Å². The quantitative estimate of drug-likeness (QED) is 0.575. The predicted molar refractivity (Wildman–Crippen MR) is 87.6 cm³/mol. The van der Waals surface area contributed by atoms with Crippen LogP contribution in [0.5, 0.6) is 0 Å². The van der Waals surface area contributed by atoms with Crippen LogP contribution in [0.4, 0.5) is 5.82 Å². The van der Waals surface area contributed by atoms with E-state index in [9.17, 15) is 4.79 Å². The molecule has 1 heterocycles. The van der Waals surface area contributed by atoms with Crippen molar-refractivity contribution >= 4 is 23.5 Å². The van der Waals surface area contributed by atoms with Gasteiger partial charge in [0.05, 0.1) is 0 Å². The van der Waals surface area contributed by atoms with Gasteiger partial charge in [0.2, 0.25) is 5.91 Å². The zero-order valence-electron chi connectivity index (χ0n) is 12.3. The molecule has 0 atom stereocenters. The minimum atomic E-state index is 0.0261. The number of benzene rings is 1. The molecule has 2 N–H and O–H groups in total. The molecule has 0 fully saturated rings. The topological polar surface area (TPSA) is 57.8 Å². The first kappa shape index (κ1) is 15.6. The molecule has 0 aliphatic rings. The number of thioether (sulfide) groups is 1. The maximum Gasteiger partial charge on any atom is 0.225 e. The lowest BCUT2D eigenvalue weighted by atomic mass is 10.2. The van der Waals surface area contributed by atoms with Crippen molar-refractivity contribution in [1.82, 2.24) is 10.2 Å². The summed E-state index contributed by atoms with van der Waals surface area (Å²) in [7, 11) is 0. The molecule has 0 aliphatic carbocycles. The van der Waals surface area contributed by atoms with Gasteiger partial charge in [-0.15, -0.1) is 11.8 Å². The highest BCUT2D eigenvalue weighted by molar-refractivity contribution is 7.99. The largest absolute Gasteiger partial charge is 0.309 e. The number of hydrogen-bond donors (Lipinski definition) is 2. The van der Waals surface area contributed by atoms with Crippen LogP contribution in [0.25, 0.3) is 0 Å². The van der Waals surface area contributed by atoms with E-state index in [1.807, 2.05) is 24.3 Å². The van der Waals surface area contributed by atoms with Crippen molar-refractivity contribution < 1.29 is 4.79 Å². The number of rotatable bonds is 8. The molecule has 0 aliphatic heterocycles. The minimum absolute atomic E-state index is 0.0261. The van der Waals surface area contributed by atoms with Gasteiger partial charge in [0.25, 0.3) is 0 Å². The van der Waals surface area contributed by atoms with Gasteiger partial charge in [-0.25, -0.2) is 0 Å². The Hall–Kier alpha value is -1.75. The van der Waals surface area contributed by atoms with Gasteiger partial charge in [0.15, 0.2) is 5.82 Å². The zero-order valence-corrected chi connectivity index (χ0v) is 13.1. The monoisotopic (exact) mass is 303 g/mol. The highest BCUT2D eigenvalue weighted by Gasteiger charge is 2.05. The van der Waals surface area contributed by atoms with Crippen molar-refractivity contribution in [2.45, 2.75) is 37.5 Å². The third-order valence-corrected chi connectivity index (χ3v) is 4.08. The minimum Gasteiger partial charge on any atom is -0.309 e. The van der Waals surface area contributed by atoms with Crippen molar-refractivity contribution in [3.8, 4) is 0 Å². The fraction of sp³-hybridized carbons (Fsp3) is 0.375. The van der Waals surface area contributed by atoms with E-state index in [0.717, 1.165) is 30.7 Å². The Morgan fingerprint density at radius 2 is 2.14 bits per heavy atom. The van der Waals surface area contributed by atoms with E-state index in [4.69, 9.17) is 0 Å². The predicted octanol–water partition coefficient (Wildman–Crippen LogP) is 3.87. The van der Waals surface area contributed by atoms with Gasteiger partial charge in [-0.05, 0) is 30.7 Å². The molecule has 0 unspecified atom stereocenters. The standard InChI is InChI=1S/C16H21N3OS/c1-2-7-13-12-15(19-18-13)17-16(20)10-6-11-21-14-8-4-3-5-9-14/h3-5,8-9,12H,2,6-7,10-11H2,1H3,(H2,17,18,19,20). The molecule has 112 valence electrons. The van der Waals surface area contributed by atoms with Crippen molar-refractivity contribution in [2.75, 3.05) is 11.1 Å². The van der Waals surface area contributed by atoms with E-state index in [1.54, 1.807) is 11.8 Å². The lowest BCUT2D eigenvalue weighted by Crippen LogP contribution is -2.11. The van der Waals surface area contributed by atoms with Crippen LogP contribution in [-0.2, 0) is 11.2 Å². The van der Waals surface area contributed by atoms with E-state index < -0.39 is 0 Å². The molecule has 0 spiro atoms. The number of aromatic nitrogens is 2. The maximum atomic E-state index is 11.8. The summed E-state index contributed by atoms with van der Waals surface area (Å²) >= 11 is 1.78. The lowest BCUT2D eigenvalue weighted by Gasteiger charge is -2.02. The van der Waals surface area contributed by atoms with Crippen LogP contribution >= 0.6 is 11.8 Å². The van der Waals surface area contributed by atoms with Crippen molar-refractivity contribution in [2.24, 2.45) is 0 Å². The van der Waals surface area contributed by atoms with Crippen molar-refractivity contribution in [1.29, 1.82) is 0 Å². The zero-order chi connectivity index (χ0) is 14.9. The first-order chi connectivity index (χ1) is 10.3. The number of carbonyl (C=O) groups excluding carboxylic acids is 1. The molecule has 0 radical (unpaired) electrons. The normalized spacial score (nSPS) is 10.5. The molecule has 5 heteroatoms. The highest BCUT2D eigenvalue weighted by Crippen LogP contribution is 2.18. The second kappa shape index (κ2) is 8.52. The van der Waals surface area contributed by atoms with Gasteiger partial charge in [-0.2, -0.15) is 5.10 Å². The number of hydrogen-bond acceptors (Lipinski definition) is 3. The van der Waals surface area contributed by atoms with Crippen molar-refractivity contribution in [3.05, 3.63) is 42.1 Å². The van der Waals surface area contributed by atoms with E-state index in [-0.39, 0.29) is 5.91 Å². The highest BCUT2D eigenvalue weighted by atomic mass is 32.2. The van der Waals surface area contributed by atoms with E-state index in [2.05, 4.69) is 34.6 Å². The van der Waals surface area contributed by atoms with Gasteiger partial charge in [-0.3, -0.25) is 9.89 Å². The number of H-pyrrole nitrogens is 1. The van der Waals surface area contributed by atoms with Gasteiger partial charge in [0.1, 0.15) is 0 Å². The molecule has 4 nitrogen and oxygen atoms in total. The first-order valence-corrected chi connectivity index (χ1v) is 8.28. The summed E-state index contributed by atoms with van der Waals surface area (Å²) in [5.41, 5.74) is 1.06. The molecule has 1 aromatic carbocycles. The number of amides is 1. The van der Waals surface area contributed by atoms with E-state index >= 15 is 0 Å². The first-order valence-electron chi connectivity index (χ1n) is 7.30. The second-order valence-electron chi connectivity index (χ2n) is 4.84. The number of nitrogens with zero attached hydrogens (tertiary/aromatic N) is 1. The van der Waals surface area contributed by atoms with Gasteiger partial charge in [-0.1, -0.05) is 31.5 Å². The Kier molecular flexibility index (Phi) is 6.34. The number of anilines is 1. The summed E-state index contributed by atoms with van der Waals surface area (Å²) in [6.07, 6.45) is 3.40. The maximum absolute atomic E-state index is 11.8. The molecule has 1 amide bonds. The smallest absolute Gasteiger partial charge is 0.225 e. The van der Waals surface area contributed by atoms with Crippen LogP contribution in [-0.4, -0.2) is 21.9 Å². The number of nitrogens with one attached hydrogen (secondary N) is 2. The van der Waals surface area contributed by atoms with Gasteiger partial charge < -0.3 is 5.32 Å². The van der Waals surface area contributed by atoms with E-state index in [1.165, 1.54) is 4.90 Å². The SMILES string of the molecule is CCCc1cc(NC(=O)CCCSc2ccccc2)n[nH]1. The Bertz CT molecular complexity index is 554. The average Bonchev–Trinajstić information content (AvgIpc) is 2.92. The van der Waals surface area contributed by atoms with Crippen LogP contribution in [0.15, 0.2) is 41.3 Å². The van der Waals surface area contributed by atoms with Gasteiger partial charge in [0, 0.05) is 23.1 Å². The third-order valence-electron chi connectivity index (χ3n) is 2.98. The van der Waals surface area contributed by atoms with E-state index in [0.29, 0.717) is 12.2 Å². The molecule has 2 aromatic rings. The Labute approximate surface area is 129 Å². The summed E-state index contributed by atoms with van der Waals surface area (Å²) < 4.78 is 0. The fourth-order valence-corrected chi connectivity index (χ4v) is 2.84. The molecule has 0 bridgehead atoms. The van der Waals surface area contributed by atoms with Gasteiger partial charge >= 0.3 is 0 Å². The molecule has 0 saturated heterocycles. The molecule has 21 heavy (non-hydrogen) atoms. The van der Waals surface area contributed by atoms with Crippen LogP contribution in [0.1, 0.15) is 31.9 Å². The molecule has 1 aromatic heterocycles. The second-order valence-corrected chi connectivity index (χ2v) is 6.01. The summed E-state index contributed by atoms with van der Waals surface area (Å²) in [5, 5.41) is 9.85. The van der Waals surface area contributed by atoms with Crippen LogP contribution in [0, 0.1) is 0 Å². The summed E-state index contributed by atoms with van der Waals surface area (Å²) in [6.45, 7) is 2.11. The van der Waals surface area contributed by atoms with Crippen LogP contribution < -0.4 is 5.32 Å². The fourth-order valence-electron chi connectivity index (χ4n) is 1.97. The summed E-state index contributed by atoms with van der Waals surface area (Å²) in [5.74, 6) is 1.59. The summed E-state index contributed by atoms with van der Waals surface area (Å²) in [4.78, 5) is 13.1. The number of aryl methyl sites for hydroxylation is 1. The molecule has 0 saturated carbocycles. The molecular weight excluding hydrogens is 282 g/mol. The third kappa shape index (κ3) is 5.63. The molecule has 2 rings (SSSR count). The molecular formula is C16H21N3OS.